The van der Waals surface area contributed by atoms with Crippen LogP contribution in [0.2, 0.25) is 15.1 Å². The summed E-state index contributed by atoms with van der Waals surface area (Å²) in [5.74, 6) is 0.798. The molecule has 0 aliphatic heterocycles. The number of ether oxygens (including phenoxy) is 2. The van der Waals surface area contributed by atoms with E-state index in [-0.39, 0.29) is 5.02 Å². The number of rotatable bonds is 4. The van der Waals surface area contributed by atoms with Gasteiger partial charge in [-0.3, -0.25) is 0 Å². The van der Waals surface area contributed by atoms with E-state index in [0.29, 0.717) is 32.9 Å². The smallest absolute Gasteiger partial charge is 0.323 e. The summed E-state index contributed by atoms with van der Waals surface area (Å²) in [6.45, 7) is 0. The van der Waals surface area contributed by atoms with Crippen molar-refractivity contribution in [2.24, 2.45) is 0 Å². The molecule has 2 aromatic carbocycles. The summed E-state index contributed by atoms with van der Waals surface area (Å²) >= 11 is 18.0. The van der Waals surface area contributed by atoms with Gasteiger partial charge in [-0.1, -0.05) is 40.9 Å². The van der Waals surface area contributed by atoms with Crippen LogP contribution < -0.4 is 20.1 Å². The van der Waals surface area contributed by atoms with E-state index in [0.717, 1.165) is 0 Å². The van der Waals surface area contributed by atoms with Crippen LogP contribution in [0, 0.1) is 0 Å². The predicted octanol–water partition coefficient (Wildman–Crippen LogP) is 5.31. The van der Waals surface area contributed by atoms with Crippen molar-refractivity contribution < 1.29 is 14.3 Å². The van der Waals surface area contributed by atoms with E-state index in [1.54, 1.807) is 30.3 Å². The van der Waals surface area contributed by atoms with E-state index in [2.05, 4.69) is 10.6 Å². The number of hydrogen-bond acceptors (Lipinski definition) is 3. The lowest BCUT2D eigenvalue weighted by molar-refractivity contribution is 0.262. The third-order valence-corrected chi connectivity index (χ3v) is 4.04. The summed E-state index contributed by atoms with van der Waals surface area (Å²) in [4.78, 5) is 12.1. The predicted molar refractivity (Wildman–Crippen MR) is 93.7 cm³/mol. The maximum absolute atomic E-state index is 12.1. The van der Waals surface area contributed by atoms with Crippen molar-refractivity contribution in [3.63, 3.8) is 0 Å². The summed E-state index contributed by atoms with van der Waals surface area (Å²) in [5, 5.41) is 6.22. The highest BCUT2D eigenvalue weighted by Gasteiger charge is 2.14. The fourth-order valence-electron chi connectivity index (χ4n) is 1.83. The molecule has 0 heterocycles. The molecule has 0 radical (unpaired) electrons. The molecule has 2 N–H and O–H groups in total. The van der Waals surface area contributed by atoms with E-state index in [1.807, 2.05) is 0 Å². The van der Waals surface area contributed by atoms with Crippen molar-refractivity contribution in [3.8, 4) is 11.5 Å². The molecule has 0 aromatic heterocycles. The molecule has 0 spiro atoms. The third-order valence-electron chi connectivity index (χ3n) is 2.92. The van der Waals surface area contributed by atoms with Gasteiger partial charge in [-0.05, 0) is 12.1 Å². The highest BCUT2D eigenvalue weighted by Crippen LogP contribution is 2.36. The summed E-state index contributed by atoms with van der Waals surface area (Å²) in [6, 6.07) is 7.52. The van der Waals surface area contributed by atoms with Crippen molar-refractivity contribution in [1.29, 1.82) is 0 Å². The number of benzene rings is 2. The third kappa shape index (κ3) is 4.13. The van der Waals surface area contributed by atoms with E-state index in [1.165, 1.54) is 14.2 Å². The second-order valence-electron chi connectivity index (χ2n) is 4.37. The average Bonchev–Trinajstić information content (AvgIpc) is 2.53. The summed E-state index contributed by atoms with van der Waals surface area (Å²) in [5.41, 5.74) is 0.779. The quantitative estimate of drug-likeness (QED) is 0.761. The highest BCUT2D eigenvalue weighted by molar-refractivity contribution is 6.44. The van der Waals surface area contributed by atoms with Crippen molar-refractivity contribution in [2.75, 3.05) is 24.9 Å². The standard InChI is InChI=1S/C15H13Cl3N2O3/c1-22-12-7-11(13(23-2)6-9(12)17)20-15(21)19-10-5-3-4-8(16)14(10)18/h3-7H,1-2H3,(H2,19,20,21). The summed E-state index contributed by atoms with van der Waals surface area (Å²) in [7, 11) is 2.94. The normalized spacial score (nSPS) is 10.1. The van der Waals surface area contributed by atoms with Gasteiger partial charge in [0.1, 0.15) is 11.5 Å². The Morgan fingerprint density at radius 3 is 2.22 bits per heavy atom. The monoisotopic (exact) mass is 374 g/mol. The molecule has 23 heavy (non-hydrogen) atoms. The van der Waals surface area contributed by atoms with Crippen LogP contribution in [0.3, 0.4) is 0 Å². The second-order valence-corrected chi connectivity index (χ2v) is 5.56. The number of urea groups is 1. The molecule has 2 rings (SSSR count). The Morgan fingerprint density at radius 1 is 0.913 bits per heavy atom. The minimum atomic E-state index is -0.517. The molecule has 5 nitrogen and oxygen atoms in total. The zero-order valence-electron chi connectivity index (χ0n) is 12.2. The number of hydrogen-bond donors (Lipinski definition) is 2. The van der Waals surface area contributed by atoms with Crippen molar-refractivity contribution in [3.05, 3.63) is 45.4 Å². The molecule has 122 valence electrons. The van der Waals surface area contributed by atoms with Crippen LogP contribution in [0.4, 0.5) is 16.2 Å². The molecule has 0 atom stereocenters. The Morgan fingerprint density at radius 2 is 1.57 bits per heavy atom. The molecule has 0 aliphatic rings. The fraction of sp³-hybridized carbons (Fsp3) is 0.133. The zero-order chi connectivity index (χ0) is 17.0. The highest BCUT2D eigenvalue weighted by atomic mass is 35.5. The van der Waals surface area contributed by atoms with Crippen LogP contribution in [0.5, 0.6) is 11.5 Å². The molecule has 0 saturated heterocycles. The minimum Gasteiger partial charge on any atom is -0.495 e. The zero-order valence-corrected chi connectivity index (χ0v) is 14.5. The molecular formula is C15H13Cl3N2O3. The fourth-order valence-corrected chi connectivity index (χ4v) is 2.41. The average molecular weight is 376 g/mol. The molecule has 0 bridgehead atoms. The number of nitrogens with one attached hydrogen (secondary N) is 2. The van der Waals surface area contributed by atoms with Crippen LogP contribution in [-0.2, 0) is 0 Å². The lowest BCUT2D eigenvalue weighted by Crippen LogP contribution is -2.20. The molecule has 0 fully saturated rings. The van der Waals surface area contributed by atoms with E-state index < -0.39 is 6.03 Å². The maximum Gasteiger partial charge on any atom is 0.323 e. The number of methoxy groups -OCH3 is 2. The van der Waals surface area contributed by atoms with Gasteiger partial charge >= 0.3 is 6.03 Å². The molecule has 2 amide bonds. The number of carbonyl (C=O) groups is 1. The Labute approximate surface area is 148 Å². The SMILES string of the molecule is COc1cc(NC(=O)Nc2cccc(Cl)c2Cl)c(OC)cc1Cl. The van der Waals surface area contributed by atoms with Crippen LogP contribution >= 0.6 is 34.8 Å². The summed E-state index contributed by atoms with van der Waals surface area (Å²) in [6.07, 6.45) is 0. The minimum absolute atomic E-state index is 0.255. The first-order chi connectivity index (χ1) is 11.0. The van der Waals surface area contributed by atoms with Gasteiger partial charge < -0.3 is 20.1 Å². The van der Waals surface area contributed by atoms with E-state index in [4.69, 9.17) is 44.3 Å². The Balaban J connectivity index is 2.21. The molecular weight excluding hydrogens is 363 g/mol. The number of anilines is 2. The van der Waals surface area contributed by atoms with Crippen LogP contribution in [-0.4, -0.2) is 20.3 Å². The lowest BCUT2D eigenvalue weighted by atomic mass is 10.2. The van der Waals surface area contributed by atoms with Gasteiger partial charge in [-0.25, -0.2) is 4.79 Å². The largest absolute Gasteiger partial charge is 0.495 e. The van der Waals surface area contributed by atoms with Gasteiger partial charge in [0.2, 0.25) is 0 Å². The van der Waals surface area contributed by atoms with Crippen LogP contribution in [0.1, 0.15) is 0 Å². The van der Waals surface area contributed by atoms with Crippen molar-refractivity contribution >= 4 is 52.2 Å². The van der Waals surface area contributed by atoms with Crippen molar-refractivity contribution in [2.45, 2.75) is 0 Å². The number of carbonyl (C=O) groups excluding carboxylic acids is 1. The maximum atomic E-state index is 12.1. The van der Waals surface area contributed by atoms with Gasteiger partial charge in [-0.2, -0.15) is 0 Å². The van der Waals surface area contributed by atoms with Gasteiger partial charge in [0.15, 0.2) is 0 Å². The first-order valence-corrected chi connectivity index (χ1v) is 7.53. The van der Waals surface area contributed by atoms with Crippen LogP contribution in [0.25, 0.3) is 0 Å². The van der Waals surface area contributed by atoms with Crippen molar-refractivity contribution in [1.82, 2.24) is 0 Å². The topological polar surface area (TPSA) is 59.6 Å². The lowest BCUT2D eigenvalue weighted by Gasteiger charge is -2.14. The molecule has 2 aromatic rings. The van der Waals surface area contributed by atoms with Gasteiger partial charge in [0.05, 0.1) is 40.7 Å². The molecule has 0 saturated carbocycles. The molecule has 0 aliphatic carbocycles. The van der Waals surface area contributed by atoms with Gasteiger partial charge in [0.25, 0.3) is 0 Å². The Bertz CT molecular complexity index is 738. The first-order valence-electron chi connectivity index (χ1n) is 6.39. The first kappa shape index (κ1) is 17.5. The van der Waals surface area contributed by atoms with Crippen LogP contribution in [0.15, 0.2) is 30.3 Å². The Hall–Kier alpha value is -1.82. The Kier molecular flexibility index (Phi) is 5.82. The second kappa shape index (κ2) is 7.64. The molecule has 0 unspecified atom stereocenters. The van der Waals surface area contributed by atoms with E-state index in [9.17, 15) is 4.79 Å². The van der Waals surface area contributed by atoms with Gasteiger partial charge in [0, 0.05) is 12.1 Å². The van der Waals surface area contributed by atoms with Gasteiger partial charge in [-0.15, -0.1) is 0 Å². The van der Waals surface area contributed by atoms with E-state index >= 15 is 0 Å². The number of halogens is 3. The molecule has 8 heteroatoms. The number of amides is 2. The summed E-state index contributed by atoms with van der Waals surface area (Å²) < 4.78 is 10.3.